The van der Waals surface area contributed by atoms with Crippen LogP contribution >= 0.6 is 39.0 Å². The quantitative estimate of drug-likeness (QED) is 0.810. The minimum Gasteiger partial charge on any atom is -0.472 e. The van der Waals surface area contributed by atoms with Crippen LogP contribution in [0.5, 0.6) is 0 Å². The maximum absolute atomic E-state index is 11.6. The number of thioether (sulfide) groups is 1. The third-order valence-electron chi connectivity index (χ3n) is 2.19. The minimum absolute atomic E-state index is 0.0804. The van der Waals surface area contributed by atoms with Crippen molar-refractivity contribution in [2.75, 3.05) is 12.3 Å². The molecule has 3 nitrogen and oxygen atoms in total. The molecule has 6 heteroatoms. The Bertz CT molecular complexity index is 496. The van der Waals surface area contributed by atoms with Crippen LogP contribution in [0.25, 0.3) is 0 Å². The molecular weight excluding hydrogens is 334 g/mol. The fourth-order valence-electron chi connectivity index (χ4n) is 1.33. The van der Waals surface area contributed by atoms with Crippen molar-refractivity contribution in [2.45, 2.75) is 5.75 Å². The summed E-state index contributed by atoms with van der Waals surface area (Å²) in [6.07, 6.45) is 2.95. The molecule has 2 heterocycles. The predicted octanol–water partition coefficient (Wildman–Crippen LogP) is 3.77. The van der Waals surface area contributed by atoms with Gasteiger partial charge in [-0.05, 0) is 34.1 Å². The van der Waals surface area contributed by atoms with E-state index in [2.05, 4.69) is 33.4 Å². The number of carbonyl (C=O) groups excluding carboxylic acids is 1. The standard InChI is InChI=1S/C12H12BrNO2S2/c13-11-2-1-10(18-11)8-17-6-4-14-12(15)9-3-5-16-7-9/h1-3,5,7H,4,6,8H2,(H,14,15). The van der Waals surface area contributed by atoms with E-state index in [9.17, 15) is 4.79 Å². The van der Waals surface area contributed by atoms with E-state index in [1.54, 1.807) is 17.4 Å². The second kappa shape index (κ2) is 7.01. The largest absolute Gasteiger partial charge is 0.472 e. The number of hydrogen-bond donors (Lipinski definition) is 1. The summed E-state index contributed by atoms with van der Waals surface area (Å²) < 4.78 is 6.01. The van der Waals surface area contributed by atoms with Gasteiger partial charge in [-0.25, -0.2) is 0 Å². The summed E-state index contributed by atoms with van der Waals surface area (Å²) in [5.41, 5.74) is 0.571. The van der Waals surface area contributed by atoms with Crippen LogP contribution in [0.1, 0.15) is 15.2 Å². The van der Waals surface area contributed by atoms with E-state index >= 15 is 0 Å². The molecule has 18 heavy (non-hydrogen) atoms. The first-order valence-corrected chi connectivity index (χ1v) is 8.14. The van der Waals surface area contributed by atoms with Crippen molar-refractivity contribution >= 4 is 44.9 Å². The summed E-state index contributed by atoms with van der Waals surface area (Å²) in [7, 11) is 0. The topological polar surface area (TPSA) is 42.2 Å². The molecule has 0 aliphatic rings. The number of nitrogens with one attached hydrogen (secondary N) is 1. The van der Waals surface area contributed by atoms with Gasteiger partial charge in [-0.3, -0.25) is 4.79 Å². The SMILES string of the molecule is O=C(NCCSCc1ccc(Br)s1)c1ccoc1. The number of carbonyl (C=O) groups is 1. The van der Waals surface area contributed by atoms with E-state index in [1.165, 1.54) is 17.4 Å². The zero-order valence-electron chi connectivity index (χ0n) is 9.52. The Morgan fingerprint density at radius 2 is 2.33 bits per heavy atom. The Labute approximate surface area is 122 Å². The van der Waals surface area contributed by atoms with Crippen molar-refractivity contribution < 1.29 is 9.21 Å². The van der Waals surface area contributed by atoms with Gasteiger partial charge in [0.25, 0.3) is 5.91 Å². The van der Waals surface area contributed by atoms with Crippen LogP contribution in [0.4, 0.5) is 0 Å². The van der Waals surface area contributed by atoms with Gasteiger partial charge < -0.3 is 9.73 Å². The normalized spacial score (nSPS) is 10.5. The Balaban J connectivity index is 1.60. The summed E-state index contributed by atoms with van der Waals surface area (Å²) >= 11 is 7.00. The minimum atomic E-state index is -0.0804. The third-order valence-corrected chi connectivity index (χ3v) is 5.00. The van der Waals surface area contributed by atoms with E-state index in [0.717, 1.165) is 15.3 Å². The summed E-state index contributed by atoms with van der Waals surface area (Å²) in [5, 5.41) is 2.85. The van der Waals surface area contributed by atoms with Gasteiger partial charge in [-0.2, -0.15) is 11.8 Å². The number of hydrogen-bond acceptors (Lipinski definition) is 4. The molecule has 0 saturated heterocycles. The van der Waals surface area contributed by atoms with E-state index in [1.807, 2.05) is 11.8 Å². The number of thiophene rings is 1. The molecule has 0 saturated carbocycles. The highest BCUT2D eigenvalue weighted by atomic mass is 79.9. The van der Waals surface area contributed by atoms with Gasteiger partial charge in [-0.15, -0.1) is 11.3 Å². The van der Waals surface area contributed by atoms with Crippen molar-refractivity contribution in [1.82, 2.24) is 5.32 Å². The lowest BCUT2D eigenvalue weighted by molar-refractivity contribution is 0.0955. The highest BCUT2D eigenvalue weighted by Gasteiger charge is 2.05. The fraction of sp³-hybridized carbons (Fsp3) is 0.250. The molecule has 0 spiro atoms. The highest BCUT2D eigenvalue weighted by molar-refractivity contribution is 9.11. The maximum Gasteiger partial charge on any atom is 0.254 e. The average molecular weight is 346 g/mol. The lowest BCUT2D eigenvalue weighted by Gasteiger charge is -2.02. The monoisotopic (exact) mass is 345 g/mol. The Hall–Kier alpha value is -0.720. The molecule has 2 aromatic rings. The van der Waals surface area contributed by atoms with E-state index in [-0.39, 0.29) is 5.91 Å². The first-order valence-electron chi connectivity index (χ1n) is 5.38. The van der Waals surface area contributed by atoms with Crippen LogP contribution in [0.15, 0.2) is 38.9 Å². The molecule has 0 fully saturated rings. The Kier molecular flexibility index (Phi) is 5.34. The van der Waals surface area contributed by atoms with E-state index in [0.29, 0.717) is 12.1 Å². The summed E-state index contributed by atoms with van der Waals surface area (Å²) in [6, 6.07) is 5.83. The molecule has 2 aromatic heterocycles. The molecule has 0 atom stereocenters. The summed E-state index contributed by atoms with van der Waals surface area (Å²) in [6.45, 7) is 0.668. The van der Waals surface area contributed by atoms with Gasteiger partial charge in [-0.1, -0.05) is 0 Å². The van der Waals surface area contributed by atoms with E-state index < -0.39 is 0 Å². The van der Waals surface area contributed by atoms with Crippen LogP contribution in [0.3, 0.4) is 0 Å². The lowest BCUT2D eigenvalue weighted by Crippen LogP contribution is -2.25. The van der Waals surface area contributed by atoms with Crippen molar-refractivity contribution in [3.63, 3.8) is 0 Å². The van der Waals surface area contributed by atoms with Crippen LogP contribution in [0.2, 0.25) is 0 Å². The van der Waals surface area contributed by atoms with Crippen LogP contribution < -0.4 is 5.32 Å². The van der Waals surface area contributed by atoms with Gasteiger partial charge >= 0.3 is 0 Å². The van der Waals surface area contributed by atoms with Crippen molar-refractivity contribution in [1.29, 1.82) is 0 Å². The van der Waals surface area contributed by atoms with Crippen molar-refractivity contribution in [2.24, 2.45) is 0 Å². The zero-order chi connectivity index (χ0) is 12.8. The second-order valence-electron chi connectivity index (χ2n) is 3.53. The molecular formula is C12H12BrNO2S2. The van der Waals surface area contributed by atoms with Crippen LogP contribution in [-0.2, 0) is 5.75 Å². The molecule has 1 N–H and O–H groups in total. The van der Waals surface area contributed by atoms with Crippen LogP contribution in [0, 0.1) is 0 Å². The third kappa shape index (κ3) is 4.19. The molecule has 1 amide bonds. The Morgan fingerprint density at radius 1 is 1.44 bits per heavy atom. The van der Waals surface area contributed by atoms with Gasteiger partial charge in [0.2, 0.25) is 0 Å². The lowest BCUT2D eigenvalue weighted by atomic mass is 10.3. The van der Waals surface area contributed by atoms with Gasteiger partial charge in [0.05, 0.1) is 15.6 Å². The Morgan fingerprint density at radius 3 is 3.00 bits per heavy atom. The van der Waals surface area contributed by atoms with Gasteiger partial charge in [0, 0.05) is 22.9 Å². The van der Waals surface area contributed by atoms with Crippen LogP contribution in [-0.4, -0.2) is 18.2 Å². The van der Waals surface area contributed by atoms with Crippen molar-refractivity contribution in [3.8, 4) is 0 Å². The number of amides is 1. The average Bonchev–Trinajstić information content (AvgIpc) is 2.99. The predicted molar refractivity (Wildman–Crippen MR) is 79.2 cm³/mol. The zero-order valence-corrected chi connectivity index (χ0v) is 12.7. The van der Waals surface area contributed by atoms with Gasteiger partial charge in [0.15, 0.2) is 0 Å². The highest BCUT2D eigenvalue weighted by Crippen LogP contribution is 2.25. The fourth-order valence-corrected chi connectivity index (χ4v) is 3.79. The molecule has 0 aliphatic heterocycles. The first kappa shape index (κ1) is 13.7. The molecule has 0 bridgehead atoms. The first-order chi connectivity index (χ1) is 8.75. The second-order valence-corrected chi connectivity index (χ2v) is 7.18. The number of rotatable bonds is 6. The molecule has 0 unspecified atom stereocenters. The molecule has 0 aliphatic carbocycles. The molecule has 2 rings (SSSR count). The number of halogens is 1. The summed E-state index contributed by atoms with van der Waals surface area (Å²) in [4.78, 5) is 12.9. The van der Waals surface area contributed by atoms with Gasteiger partial charge in [0.1, 0.15) is 6.26 Å². The molecule has 0 radical (unpaired) electrons. The maximum atomic E-state index is 11.6. The smallest absolute Gasteiger partial charge is 0.254 e. The van der Waals surface area contributed by atoms with E-state index in [4.69, 9.17) is 4.42 Å². The van der Waals surface area contributed by atoms with Crippen molar-refractivity contribution in [3.05, 3.63) is 45.0 Å². The molecule has 96 valence electrons. The number of furan rings is 1. The molecule has 0 aromatic carbocycles. The summed E-state index contributed by atoms with van der Waals surface area (Å²) in [5.74, 6) is 1.81.